The lowest BCUT2D eigenvalue weighted by molar-refractivity contribution is -0.117. The van der Waals surface area contributed by atoms with Crippen molar-refractivity contribution in [2.45, 2.75) is 39.5 Å². The van der Waals surface area contributed by atoms with Crippen molar-refractivity contribution < 1.29 is 14.1 Å². The molecule has 0 radical (unpaired) electrons. The number of rotatable bonds is 4. The number of benzene rings is 1. The molecule has 0 spiro atoms. The van der Waals surface area contributed by atoms with Crippen molar-refractivity contribution in [3.63, 3.8) is 0 Å². The van der Waals surface area contributed by atoms with Crippen LogP contribution < -0.4 is 10.2 Å². The normalized spacial score (nSPS) is 14.5. The van der Waals surface area contributed by atoms with Gasteiger partial charge in [-0.3, -0.25) is 9.59 Å². The molecular formula is C18H21N3O3. The number of aryl methyl sites for hydroxylation is 1. The summed E-state index contributed by atoms with van der Waals surface area (Å²) in [5.74, 6) is 0.522. The summed E-state index contributed by atoms with van der Waals surface area (Å²) >= 11 is 0. The molecular weight excluding hydrogens is 306 g/mol. The van der Waals surface area contributed by atoms with Crippen LogP contribution in [0.4, 0.5) is 11.4 Å². The Morgan fingerprint density at radius 3 is 2.83 bits per heavy atom. The average molecular weight is 327 g/mol. The Bertz CT molecular complexity index is 780. The minimum absolute atomic E-state index is 0.0699. The minimum Gasteiger partial charge on any atom is -0.360 e. The monoisotopic (exact) mass is 327 g/mol. The van der Waals surface area contributed by atoms with E-state index in [1.54, 1.807) is 17.9 Å². The van der Waals surface area contributed by atoms with Gasteiger partial charge in [-0.15, -0.1) is 0 Å². The highest BCUT2D eigenvalue weighted by molar-refractivity contribution is 6.06. The van der Waals surface area contributed by atoms with E-state index >= 15 is 0 Å². The first kappa shape index (κ1) is 16.2. The quantitative estimate of drug-likeness (QED) is 0.933. The molecule has 3 rings (SSSR count). The van der Waals surface area contributed by atoms with Crippen molar-refractivity contribution in [2.75, 3.05) is 16.8 Å². The van der Waals surface area contributed by atoms with Gasteiger partial charge in [0, 0.05) is 30.3 Å². The molecule has 1 N–H and O–H groups in total. The first-order chi connectivity index (χ1) is 11.5. The highest BCUT2D eigenvalue weighted by Crippen LogP contribution is 2.26. The lowest BCUT2D eigenvalue weighted by atomic mass is 10.0. The molecule has 6 nitrogen and oxygen atoms in total. The van der Waals surface area contributed by atoms with Crippen LogP contribution in [-0.2, 0) is 4.79 Å². The first-order valence-electron chi connectivity index (χ1n) is 8.15. The van der Waals surface area contributed by atoms with Crippen LogP contribution in [0.15, 0.2) is 28.8 Å². The van der Waals surface area contributed by atoms with Crippen molar-refractivity contribution >= 4 is 23.2 Å². The molecule has 2 amide bonds. The number of aromatic nitrogens is 1. The predicted molar refractivity (Wildman–Crippen MR) is 91.3 cm³/mol. The third kappa shape index (κ3) is 3.04. The highest BCUT2D eigenvalue weighted by Gasteiger charge is 2.24. The number of nitrogens with one attached hydrogen (secondary N) is 1. The van der Waals surface area contributed by atoms with Gasteiger partial charge < -0.3 is 14.7 Å². The SMILES string of the molecule is Cc1noc(C(C)C)c1C(=O)Nc1cccc(N2CCCC2=O)c1. The van der Waals surface area contributed by atoms with Gasteiger partial charge in [-0.25, -0.2) is 0 Å². The molecule has 1 aromatic carbocycles. The third-order valence-corrected chi connectivity index (χ3v) is 4.13. The molecule has 24 heavy (non-hydrogen) atoms. The number of hydrogen-bond acceptors (Lipinski definition) is 4. The zero-order valence-electron chi connectivity index (χ0n) is 14.1. The van der Waals surface area contributed by atoms with E-state index in [1.165, 1.54) is 0 Å². The lowest BCUT2D eigenvalue weighted by Gasteiger charge is -2.16. The number of carbonyl (C=O) groups excluding carboxylic acids is 2. The maximum atomic E-state index is 12.6. The first-order valence-corrected chi connectivity index (χ1v) is 8.15. The Morgan fingerprint density at radius 2 is 2.17 bits per heavy atom. The maximum Gasteiger partial charge on any atom is 0.261 e. The largest absolute Gasteiger partial charge is 0.360 e. The van der Waals surface area contributed by atoms with Crippen LogP contribution in [0.5, 0.6) is 0 Å². The molecule has 1 aliphatic rings. The fourth-order valence-electron chi connectivity index (χ4n) is 2.92. The van der Waals surface area contributed by atoms with Gasteiger partial charge in [-0.1, -0.05) is 25.1 Å². The van der Waals surface area contributed by atoms with Crippen LogP contribution in [-0.4, -0.2) is 23.5 Å². The molecule has 1 saturated heterocycles. The molecule has 2 heterocycles. The molecule has 0 aliphatic carbocycles. The zero-order valence-corrected chi connectivity index (χ0v) is 14.1. The molecule has 0 atom stereocenters. The van der Waals surface area contributed by atoms with E-state index in [0.717, 1.165) is 18.7 Å². The molecule has 1 aromatic heterocycles. The molecule has 2 aromatic rings. The van der Waals surface area contributed by atoms with Gasteiger partial charge >= 0.3 is 0 Å². The summed E-state index contributed by atoms with van der Waals surface area (Å²) in [6.45, 7) is 6.38. The minimum atomic E-state index is -0.248. The van der Waals surface area contributed by atoms with E-state index in [0.29, 0.717) is 29.1 Å². The third-order valence-electron chi connectivity index (χ3n) is 4.13. The van der Waals surface area contributed by atoms with E-state index in [4.69, 9.17) is 4.52 Å². The van der Waals surface area contributed by atoms with Crippen molar-refractivity contribution in [1.82, 2.24) is 5.16 Å². The van der Waals surface area contributed by atoms with Crippen LogP contribution in [0.3, 0.4) is 0 Å². The molecule has 1 aliphatic heterocycles. The second-order valence-electron chi connectivity index (χ2n) is 6.32. The molecule has 0 unspecified atom stereocenters. The smallest absolute Gasteiger partial charge is 0.261 e. The molecule has 1 fully saturated rings. The Labute approximate surface area is 140 Å². The van der Waals surface area contributed by atoms with Gasteiger partial charge in [-0.2, -0.15) is 0 Å². The fraction of sp³-hybridized carbons (Fsp3) is 0.389. The van der Waals surface area contributed by atoms with E-state index in [9.17, 15) is 9.59 Å². The molecule has 0 bridgehead atoms. The zero-order chi connectivity index (χ0) is 17.3. The van der Waals surface area contributed by atoms with Gasteiger partial charge in [-0.05, 0) is 31.5 Å². The van der Waals surface area contributed by atoms with E-state index in [1.807, 2.05) is 32.0 Å². The van der Waals surface area contributed by atoms with E-state index in [-0.39, 0.29) is 17.7 Å². The predicted octanol–water partition coefficient (Wildman–Crippen LogP) is 3.49. The van der Waals surface area contributed by atoms with Gasteiger partial charge in [0.25, 0.3) is 5.91 Å². The summed E-state index contributed by atoms with van der Waals surface area (Å²) < 4.78 is 5.27. The number of hydrogen-bond donors (Lipinski definition) is 1. The van der Waals surface area contributed by atoms with Gasteiger partial charge in [0.1, 0.15) is 5.56 Å². The number of amides is 2. The molecule has 126 valence electrons. The Kier molecular flexibility index (Phi) is 4.38. The number of anilines is 2. The summed E-state index contributed by atoms with van der Waals surface area (Å²) in [6, 6.07) is 7.34. The second kappa shape index (κ2) is 6.47. The van der Waals surface area contributed by atoms with Gasteiger partial charge in [0.2, 0.25) is 5.91 Å². The maximum absolute atomic E-state index is 12.6. The summed E-state index contributed by atoms with van der Waals surface area (Å²) in [5, 5.41) is 6.78. The number of nitrogens with zero attached hydrogens (tertiary/aromatic N) is 2. The summed E-state index contributed by atoms with van der Waals surface area (Å²) in [4.78, 5) is 26.3. The van der Waals surface area contributed by atoms with Crippen LogP contribution in [0.25, 0.3) is 0 Å². The average Bonchev–Trinajstić information content (AvgIpc) is 3.13. The van der Waals surface area contributed by atoms with Crippen molar-refractivity contribution in [1.29, 1.82) is 0 Å². The van der Waals surface area contributed by atoms with Gasteiger partial charge in [0.05, 0.1) is 5.69 Å². The Morgan fingerprint density at radius 1 is 1.38 bits per heavy atom. The molecule has 0 saturated carbocycles. The van der Waals surface area contributed by atoms with Crippen molar-refractivity contribution in [3.8, 4) is 0 Å². The standard InChI is InChI=1S/C18H21N3O3/c1-11(2)17-16(12(3)20-24-17)18(23)19-13-6-4-7-14(10-13)21-9-5-8-15(21)22/h4,6-7,10-11H,5,8-9H2,1-3H3,(H,19,23). The van der Waals surface area contributed by atoms with Crippen LogP contribution in [0, 0.1) is 6.92 Å². The molecule has 6 heteroatoms. The summed E-state index contributed by atoms with van der Waals surface area (Å²) in [5.41, 5.74) is 2.50. The van der Waals surface area contributed by atoms with Crippen LogP contribution in [0.2, 0.25) is 0 Å². The number of carbonyl (C=O) groups is 2. The highest BCUT2D eigenvalue weighted by atomic mass is 16.5. The fourth-order valence-corrected chi connectivity index (χ4v) is 2.92. The Balaban J connectivity index is 1.83. The van der Waals surface area contributed by atoms with E-state index < -0.39 is 0 Å². The van der Waals surface area contributed by atoms with Gasteiger partial charge in [0.15, 0.2) is 5.76 Å². The summed E-state index contributed by atoms with van der Waals surface area (Å²) in [6.07, 6.45) is 1.45. The van der Waals surface area contributed by atoms with Crippen molar-refractivity contribution in [2.24, 2.45) is 0 Å². The summed E-state index contributed by atoms with van der Waals surface area (Å²) in [7, 11) is 0. The Hall–Kier alpha value is -2.63. The topological polar surface area (TPSA) is 75.4 Å². The van der Waals surface area contributed by atoms with E-state index in [2.05, 4.69) is 10.5 Å². The van der Waals surface area contributed by atoms with Crippen molar-refractivity contribution in [3.05, 3.63) is 41.3 Å². The lowest BCUT2D eigenvalue weighted by Crippen LogP contribution is -2.23. The second-order valence-corrected chi connectivity index (χ2v) is 6.32. The van der Waals surface area contributed by atoms with Crippen LogP contribution >= 0.6 is 0 Å². The van der Waals surface area contributed by atoms with Crippen LogP contribution in [0.1, 0.15) is 54.4 Å².